The van der Waals surface area contributed by atoms with Gasteiger partial charge in [-0.2, -0.15) is 0 Å². The van der Waals surface area contributed by atoms with Crippen molar-refractivity contribution >= 4 is 33.4 Å². The van der Waals surface area contributed by atoms with Gasteiger partial charge in [0.2, 0.25) is 5.91 Å². The molecule has 0 aliphatic carbocycles. The number of hydrogen-bond donors (Lipinski definition) is 0. The monoisotopic (exact) mass is 439 g/mol. The van der Waals surface area contributed by atoms with Crippen LogP contribution in [-0.4, -0.2) is 46.0 Å². The van der Waals surface area contributed by atoms with Crippen molar-refractivity contribution in [1.82, 2.24) is 14.5 Å². The lowest BCUT2D eigenvalue weighted by Gasteiger charge is -2.31. The first-order valence-corrected chi connectivity index (χ1v) is 11.3. The number of esters is 1. The Bertz CT molecular complexity index is 1170. The molecule has 0 N–H and O–H groups in total. The number of hydrogen-bond acceptors (Lipinski definition) is 6. The third kappa shape index (κ3) is 4.25. The zero-order chi connectivity index (χ0) is 22.0. The molecule has 31 heavy (non-hydrogen) atoms. The molecular weight excluding hydrogens is 414 g/mol. The molecule has 1 aliphatic heterocycles. The minimum absolute atomic E-state index is 0.0900. The Kier molecular flexibility index (Phi) is 6.18. The molecule has 2 aromatic heterocycles. The number of amides is 1. The van der Waals surface area contributed by atoms with Gasteiger partial charge in [0.05, 0.1) is 24.2 Å². The fraction of sp³-hybridized carbons (Fsp3) is 0.391. The highest BCUT2D eigenvalue weighted by atomic mass is 32.1. The van der Waals surface area contributed by atoms with Gasteiger partial charge < -0.3 is 9.64 Å². The number of nitrogens with zero attached hydrogens (tertiary/aromatic N) is 3. The second-order valence-electron chi connectivity index (χ2n) is 7.71. The van der Waals surface area contributed by atoms with Gasteiger partial charge in [-0.05, 0) is 37.8 Å². The van der Waals surface area contributed by atoms with E-state index in [4.69, 9.17) is 4.74 Å². The van der Waals surface area contributed by atoms with E-state index < -0.39 is 0 Å². The van der Waals surface area contributed by atoms with E-state index in [0.29, 0.717) is 36.3 Å². The van der Waals surface area contributed by atoms with E-state index in [2.05, 4.69) is 4.98 Å². The Morgan fingerprint density at radius 1 is 1.26 bits per heavy atom. The zero-order valence-corrected chi connectivity index (χ0v) is 18.5. The van der Waals surface area contributed by atoms with Gasteiger partial charge in [-0.15, -0.1) is 11.3 Å². The average molecular weight is 440 g/mol. The van der Waals surface area contributed by atoms with Crippen molar-refractivity contribution in [3.05, 3.63) is 52.6 Å². The number of benzene rings is 1. The van der Waals surface area contributed by atoms with Gasteiger partial charge in [0.15, 0.2) is 0 Å². The number of likely N-dealkylation sites (tertiary alicyclic amines) is 1. The van der Waals surface area contributed by atoms with Crippen molar-refractivity contribution < 1.29 is 14.3 Å². The van der Waals surface area contributed by atoms with E-state index in [1.807, 2.05) is 37.3 Å². The standard InChI is InChI=1S/C23H25N3O4S/c1-3-30-23(29)17-10-7-11-25(12-17)18(27)13-26-14-24-21-19(22(26)28)15(2)20(31-21)16-8-5-4-6-9-16/h4-6,8-9,14,17H,3,7,10-13H2,1-2H3. The van der Waals surface area contributed by atoms with Gasteiger partial charge >= 0.3 is 5.97 Å². The molecule has 4 rings (SSSR count). The number of rotatable bonds is 5. The van der Waals surface area contributed by atoms with Crippen LogP contribution in [0.2, 0.25) is 0 Å². The summed E-state index contributed by atoms with van der Waals surface area (Å²) in [5.41, 5.74) is 1.71. The molecule has 8 heteroatoms. The first-order valence-electron chi connectivity index (χ1n) is 10.5. The van der Waals surface area contributed by atoms with Crippen LogP contribution in [0.4, 0.5) is 0 Å². The Balaban J connectivity index is 1.57. The summed E-state index contributed by atoms with van der Waals surface area (Å²) < 4.78 is 6.47. The predicted molar refractivity (Wildman–Crippen MR) is 120 cm³/mol. The van der Waals surface area contributed by atoms with Crippen LogP contribution in [0.1, 0.15) is 25.3 Å². The highest BCUT2D eigenvalue weighted by Crippen LogP contribution is 2.35. The zero-order valence-electron chi connectivity index (χ0n) is 17.7. The summed E-state index contributed by atoms with van der Waals surface area (Å²) >= 11 is 1.48. The summed E-state index contributed by atoms with van der Waals surface area (Å²) in [6.45, 7) is 4.84. The second-order valence-corrected chi connectivity index (χ2v) is 8.71. The Morgan fingerprint density at radius 2 is 2.03 bits per heavy atom. The molecule has 1 aromatic carbocycles. The fourth-order valence-corrected chi connectivity index (χ4v) is 5.18. The first-order chi connectivity index (χ1) is 15.0. The summed E-state index contributed by atoms with van der Waals surface area (Å²) in [4.78, 5) is 45.9. The average Bonchev–Trinajstić information content (AvgIpc) is 3.13. The third-order valence-electron chi connectivity index (χ3n) is 5.65. The molecule has 0 radical (unpaired) electrons. The molecule has 3 aromatic rings. The van der Waals surface area contributed by atoms with E-state index in [0.717, 1.165) is 22.4 Å². The van der Waals surface area contributed by atoms with Crippen LogP contribution in [-0.2, 0) is 20.9 Å². The molecule has 0 saturated carbocycles. The minimum Gasteiger partial charge on any atom is -0.466 e. The fourth-order valence-electron chi connectivity index (χ4n) is 4.04. The lowest BCUT2D eigenvalue weighted by molar-refractivity contribution is -0.151. The first kappa shape index (κ1) is 21.2. The van der Waals surface area contributed by atoms with Gasteiger partial charge in [-0.1, -0.05) is 30.3 Å². The number of aromatic nitrogens is 2. The van der Waals surface area contributed by atoms with Crippen LogP contribution in [0.5, 0.6) is 0 Å². The van der Waals surface area contributed by atoms with Gasteiger partial charge in [0.25, 0.3) is 5.56 Å². The summed E-state index contributed by atoms with van der Waals surface area (Å²) in [7, 11) is 0. The van der Waals surface area contributed by atoms with Crippen molar-refractivity contribution in [2.45, 2.75) is 33.2 Å². The van der Waals surface area contributed by atoms with Crippen LogP contribution in [0.15, 0.2) is 41.5 Å². The number of thiophene rings is 1. The quantitative estimate of drug-likeness (QED) is 0.570. The van der Waals surface area contributed by atoms with Crippen LogP contribution in [0, 0.1) is 12.8 Å². The van der Waals surface area contributed by atoms with Crippen LogP contribution >= 0.6 is 11.3 Å². The van der Waals surface area contributed by atoms with Crippen LogP contribution in [0.3, 0.4) is 0 Å². The molecule has 1 aliphatic rings. The van der Waals surface area contributed by atoms with Crippen molar-refractivity contribution in [3.8, 4) is 10.4 Å². The maximum absolute atomic E-state index is 13.2. The van der Waals surface area contributed by atoms with Crippen LogP contribution < -0.4 is 5.56 Å². The SMILES string of the molecule is CCOC(=O)C1CCCN(C(=O)Cn2cnc3sc(-c4ccccc4)c(C)c3c2=O)C1. The van der Waals surface area contributed by atoms with Crippen molar-refractivity contribution in [2.24, 2.45) is 5.92 Å². The summed E-state index contributed by atoms with van der Waals surface area (Å²) in [5, 5.41) is 0.558. The molecule has 7 nitrogen and oxygen atoms in total. The highest BCUT2D eigenvalue weighted by Gasteiger charge is 2.29. The van der Waals surface area contributed by atoms with Gasteiger partial charge in [-0.25, -0.2) is 4.98 Å². The molecule has 0 bridgehead atoms. The van der Waals surface area contributed by atoms with E-state index in [1.54, 1.807) is 11.8 Å². The van der Waals surface area contributed by atoms with E-state index in [1.165, 1.54) is 22.2 Å². The maximum Gasteiger partial charge on any atom is 0.310 e. The number of ether oxygens (including phenoxy) is 1. The number of piperidine rings is 1. The van der Waals surface area contributed by atoms with Crippen molar-refractivity contribution in [3.63, 3.8) is 0 Å². The molecule has 0 spiro atoms. The summed E-state index contributed by atoms with van der Waals surface area (Å²) in [6, 6.07) is 9.90. The molecule has 1 saturated heterocycles. The van der Waals surface area contributed by atoms with E-state index >= 15 is 0 Å². The van der Waals surface area contributed by atoms with Gasteiger partial charge in [0, 0.05) is 18.0 Å². The maximum atomic E-state index is 13.2. The molecule has 3 heterocycles. The Labute approximate surface area is 184 Å². The largest absolute Gasteiger partial charge is 0.466 e. The lowest BCUT2D eigenvalue weighted by Crippen LogP contribution is -2.45. The van der Waals surface area contributed by atoms with Crippen molar-refractivity contribution in [2.75, 3.05) is 19.7 Å². The van der Waals surface area contributed by atoms with E-state index in [9.17, 15) is 14.4 Å². The van der Waals surface area contributed by atoms with Gasteiger partial charge in [0.1, 0.15) is 11.4 Å². The molecule has 1 unspecified atom stereocenters. The molecule has 1 fully saturated rings. The Morgan fingerprint density at radius 3 is 2.77 bits per heavy atom. The normalized spacial score (nSPS) is 16.5. The topological polar surface area (TPSA) is 81.5 Å². The van der Waals surface area contributed by atoms with Gasteiger partial charge in [-0.3, -0.25) is 19.0 Å². The minimum atomic E-state index is -0.303. The lowest BCUT2D eigenvalue weighted by atomic mass is 9.98. The number of carbonyl (C=O) groups excluding carboxylic acids is 2. The second kappa shape index (κ2) is 9.01. The number of fused-ring (bicyclic) bond motifs is 1. The molecule has 1 atom stereocenters. The third-order valence-corrected chi connectivity index (χ3v) is 6.90. The summed E-state index contributed by atoms with van der Waals surface area (Å²) in [6.07, 6.45) is 2.90. The van der Waals surface area contributed by atoms with Crippen molar-refractivity contribution in [1.29, 1.82) is 0 Å². The highest BCUT2D eigenvalue weighted by molar-refractivity contribution is 7.22. The number of carbonyl (C=O) groups is 2. The molecular formula is C23H25N3O4S. The molecule has 1 amide bonds. The summed E-state index contributed by atoms with van der Waals surface area (Å²) in [5.74, 6) is -0.751. The van der Waals surface area contributed by atoms with E-state index in [-0.39, 0.29) is 29.9 Å². The van der Waals surface area contributed by atoms with Crippen LogP contribution in [0.25, 0.3) is 20.7 Å². The number of aryl methyl sites for hydroxylation is 1. The Hall–Kier alpha value is -3.00. The molecule has 162 valence electrons. The predicted octanol–water partition coefficient (Wildman–Crippen LogP) is 3.24. The smallest absolute Gasteiger partial charge is 0.310 e.